The summed E-state index contributed by atoms with van der Waals surface area (Å²) in [6, 6.07) is 14.7. The Kier molecular flexibility index (Phi) is 5.58. The molecule has 1 saturated heterocycles. The topological polar surface area (TPSA) is 87.8 Å². The van der Waals surface area contributed by atoms with E-state index in [2.05, 4.69) is 10.3 Å². The fourth-order valence-corrected chi connectivity index (χ4v) is 4.36. The van der Waals surface area contributed by atoms with Crippen LogP contribution >= 0.6 is 0 Å². The number of nitrogens with zero attached hydrogens (tertiary/aromatic N) is 2. The fourth-order valence-electron chi connectivity index (χ4n) is 2.85. The van der Waals surface area contributed by atoms with Gasteiger partial charge in [-0.15, -0.1) is 0 Å². The lowest BCUT2D eigenvalue weighted by molar-refractivity contribution is 0.477. The second-order valence-electron chi connectivity index (χ2n) is 6.45. The van der Waals surface area contributed by atoms with E-state index in [0.717, 1.165) is 24.1 Å². The number of hydrogen-bond donors (Lipinski definition) is 2. The van der Waals surface area contributed by atoms with Gasteiger partial charge in [0.15, 0.2) is 5.96 Å². The molecule has 0 amide bonds. The predicted octanol–water partition coefficient (Wildman–Crippen LogP) is 2.71. The van der Waals surface area contributed by atoms with Crippen molar-refractivity contribution in [2.24, 2.45) is 10.7 Å². The molecular weight excluding hydrogens is 348 g/mol. The van der Waals surface area contributed by atoms with Crippen LogP contribution in [0.1, 0.15) is 24.0 Å². The van der Waals surface area contributed by atoms with Crippen molar-refractivity contribution in [3.63, 3.8) is 0 Å². The van der Waals surface area contributed by atoms with Crippen molar-refractivity contribution in [3.8, 4) is 0 Å². The molecule has 2 aromatic rings. The number of rotatable bonds is 5. The number of aliphatic imine (C=N–C) groups is 1. The van der Waals surface area contributed by atoms with Crippen LogP contribution in [0.15, 0.2) is 58.4 Å². The third-order valence-electron chi connectivity index (χ3n) is 4.38. The third kappa shape index (κ3) is 4.42. The summed E-state index contributed by atoms with van der Waals surface area (Å²) in [5, 5.41) is 3.04. The standard InChI is InChI=1S/C19H24N4O2S/c1-15-4-8-17(9-5-15)22-19(20)21-14-16-6-10-18(11-7-16)26(24,25)23-12-2-3-13-23/h4-11H,2-3,12-14H2,1H3,(H3,20,21,22). The zero-order chi connectivity index (χ0) is 18.6. The van der Waals surface area contributed by atoms with Gasteiger partial charge < -0.3 is 11.1 Å². The summed E-state index contributed by atoms with van der Waals surface area (Å²) < 4.78 is 26.6. The van der Waals surface area contributed by atoms with E-state index in [-0.39, 0.29) is 0 Å². The van der Waals surface area contributed by atoms with Gasteiger partial charge in [0.2, 0.25) is 10.0 Å². The van der Waals surface area contributed by atoms with Crippen LogP contribution in [-0.2, 0) is 16.6 Å². The van der Waals surface area contributed by atoms with Crippen LogP contribution in [0.3, 0.4) is 0 Å². The smallest absolute Gasteiger partial charge is 0.243 e. The van der Waals surface area contributed by atoms with Gasteiger partial charge in [-0.05, 0) is 49.6 Å². The SMILES string of the molecule is Cc1ccc(NC(N)=NCc2ccc(S(=O)(=O)N3CCCC3)cc2)cc1. The Morgan fingerprint density at radius 1 is 1.08 bits per heavy atom. The quantitative estimate of drug-likeness (QED) is 0.624. The molecule has 0 bridgehead atoms. The zero-order valence-electron chi connectivity index (χ0n) is 14.9. The lowest BCUT2D eigenvalue weighted by Gasteiger charge is -2.15. The molecule has 0 radical (unpaired) electrons. The number of hydrogen-bond acceptors (Lipinski definition) is 3. The Bertz CT molecular complexity index is 869. The summed E-state index contributed by atoms with van der Waals surface area (Å²) in [6.07, 6.45) is 1.86. The number of nitrogens with one attached hydrogen (secondary N) is 1. The van der Waals surface area contributed by atoms with E-state index in [0.29, 0.717) is 30.5 Å². The highest BCUT2D eigenvalue weighted by Gasteiger charge is 2.26. The normalized spacial score (nSPS) is 16.0. The second kappa shape index (κ2) is 7.88. The number of benzene rings is 2. The summed E-state index contributed by atoms with van der Waals surface area (Å²) in [5.41, 5.74) is 8.87. The number of guanidine groups is 1. The molecule has 0 aliphatic carbocycles. The van der Waals surface area contributed by atoms with Crippen LogP contribution in [0.2, 0.25) is 0 Å². The molecule has 3 N–H and O–H groups in total. The average molecular weight is 372 g/mol. The molecule has 0 spiro atoms. The molecule has 0 atom stereocenters. The second-order valence-corrected chi connectivity index (χ2v) is 8.39. The van der Waals surface area contributed by atoms with E-state index in [1.807, 2.05) is 31.2 Å². The number of sulfonamides is 1. The lowest BCUT2D eigenvalue weighted by Crippen LogP contribution is -2.27. The van der Waals surface area contributed by atoms with Crippen molar-refractivity contribution in [3.05, 3.63) is 59.7 Å². The van der Waals surface area contributed by atoms with E-state index in [1.54, 1.807) is 28.6 Å². The molecule has 7 heteroatoms. The van der Waals surface area contributed by atoms with Gasteiger partial charge in [-0.3, -0.25) is 0 Å². The first kappa shape index (κ1) is 18.4. The summed E-state index contributed by atoms with van der Waals surface area (Å²) in [4.78, 5) is 4.64. The maximum atomic E-state index is 12.5. The molecule has 1 fully saturated rings. The van der Waals surface area contributed by atoms with Crippen LogP contribution < -0.4 is 11.1 Å². The van der Waals surface area contributed by atoms with Crippen molar-refractivity contribution in [2.75, 3.05) is 18.4 Å². The van der Waals surface area contributed by atoms with Crippen LogP contribution in [0, 0.1) is 6.92 Å². The average Bonchev–Trinajstić information content (AvgIpc) is 3.18. The van der Waals surface area contributed by atoms with Crippen LogP contribution in [0.25, 0.3) is 0 Å². The maximum absolute atomic E-state index is 12.5. The number of nitrogens with two attached hydrogens (primary N) is 1. The third-order valence-corrected chi connectivity index (χ3v) is 6.29. The van der Waals surface area contributed by atoms with Crippen LogP contribution in [-0.4, -0.2) is 31.8 Å². The van der Waals surface area contributed by atoms with Gasteiger partial charge in [0.1, 0.15) is 0 Å². The highest BCUT2D eigenvalue weighted by atomic mass is 32.2. The summed E-state index contributed by atoms with van der Waals surface area (Å²) >= 11 is 0. The summed E-state index contributed by atoms with van der Waals surface area (Å²) in [6.45, 7) is 3.62. The van der Waals surface area contributed by atoms with Gasteiger partial charge in [0, 0.05) is 18.8 Å². The molecule has 0 aromatic heterocycles. The Hall–Kier alpha value is -2.38. The minimum atomic E-state index is -3.37. The Morgan fingerprint density at radius 3 is 2.31 bits per heavy atom. The van der Waals surface area contributed by atoms with Crippen molar-refractivity contribution in [1.82, 2.24) is 4.31 Å². The molecule has 138 valence electrons. The summed E-state index contributed by atoms with van der Waals surface area (Å²) in [5.74, 6) is 0.322. The first-order valence-electron chi connectivity index (χ1n) is 8.68. The van der Waals surface area contributed by atoms with Gasteiger partial charge in [-0.1, -0.05) is 29.8 Å². The molecular formula is C19H24N4O2S. The van der Waals surface area contributed by atoms with Crippen molar-refractivity contribution in [2.45, 2.75) is 31.2 Å². The molecule has 26 heavy (non-hydrogen) atoms. The minimum absolute atomic E-state index is 0.322. The highest BCUT2D eigenvalue weighted by Crippen LogP contribution is 2.21. The molecule has 0 saturated carbocycles. The van der Waals surface area contributed by atoms with Crippen LogP contribution in [0.4, 0.5) is 5.69 Å². The highest BCUT2D eigenvalue weighted by molar-refractivity contribution is 7.89. The maximum Gasteiger partial charge on any atom is 0.243 e. The van der Waals surface area contributed by atoms with E-state index >= 15 is 0 Å². The Balaban J connectivity index is 1.62. The summed E-state index contributed by atoms with van der Waals surface area (Å²) in [7, 11) is -3.37. The fraction of sp³-hybridized carbons (Fsp3) is 0.316. The zero-order valence-corrected chi connectivity index (χ0v) is 15.7. The molecule has 3 rings (SSSR count). The van der Waals surface area contributed by atoms with Gasteiger partial charge in [0.05, 0.1) is 11.4 Å². The molecule has 1 heterocycles. The Morgan fingerprint density at radius 2 is 1.69 bits per heavy atom. The molecule has 2 aromatic carbocycles. The monoisotopic (exact) mass is 372 g/mol. The van der Waals surface area contributed by atoms with Crippen molar-refractivity contribution >= 4 is 21.7 Å². The number of aryl methyl sites for hydroxylation is 1. The molecule has 6 nitrogen and oxygen atoms in total. The van der Waals surface area contributed by atoms with E-state index in [9.17, 15) is 8.42 Å². The lowest BCUT2D eigenvalue weighted by atomic mass is 10.2. The Labute approximate surface area is 154 Å². The molecule has 1 aliphatic rings. The first-order valence-corrected chi connectivity index (χ1v) is 10.1. The first-order chi connectivity index (χ1) is 12.4. The van der Waals surface area contributed by atoms with Gasteiger partial charge in [-0.2, -0.15) is 4.31 Å². The number of anilines is 1. The molecule has 0 unspecified atom stereocenters. The largest absolute Gasteiger partial charge is 0.370 e. The van der Waals surface area contributed by atoms with Gasteiger partial charge in [0.25, 0.3) is 0 Å². The van der Waals surface area contributed by atoms with E-state index in [1.165, 1.54) is 5.56 Å². The van der Waals surface area contributed by atoms with Crippen molar-refractivity contribution in [1.29, 1.82) is 0 Å². The van der Waals surface area contributed by atoms with E-state index in [4.69, 9.17) is 5.73 Å². The van der Waals surface area contributed by atoms with Crippen molar-refractivity contribution < 1.29 is 8.42 Å². The minimum Gasteiger partial charge on any atom is -0.370 e. The van der Waals surface area contributed by atoms with Crippen LogP contribution in [0.5, 0.6) is 0 Å². The van der Waals surface area contributed by atoms with E-state index < -0.39 is 10.0 Å². The van der Waals surface area contributed by atoms with Gasteiger partial charge in [-0.25, -0.2) is 13.4 Å². The predicted molar refractivity (Wildman–Crippen MR) is 105 cm³/mol. The van der Waals surface area contributed by atoms with Gasteiger partial charge >= 0.3 is 0 Å². The molecule has 1 aliphatic heterocycles.